The fourth-order valence-corrected chi connectivity index (χ4v) is 2.91. The fraction of sp³-hybridized carbons (Fsp3) is 0. The molecular formula is C8H4INO8. The van der Waals surface area contributed by atoms with Gasteiger partial charge in [-0.25, -0.2) is 15.7 Å². The topological polar surface area (TPSA) is 152 Å². The van der Waals surface area contributed by atoms with Crippen molar-refractivity contribution in [3.63, 3.8) is 0 Å². The van der Waals surface area contributed by atoms with Crippen LogP contribution in [0.4, 0.5) is 5.69 Å². The summed E-state index contributed by atoms with van der Waals surface area (Å²) in [5.74, 6) is -3.49. The Kier molecular flexibility index (Phi) is 3.90. The number of halogens is 1. The third-order valence-electron chi connectivity index (χ3n) is 1.88. The minimum absolute atomic E-state index is 0.518. The van der Waals surface area contributed by atoms with Gasteiger partial charge in [-0.2, -0.15) is 0 Å². The van der Waals surface area contributed by atoms with Gasteiger partial charge in [0.15, 0.2) is 0 Å². The number of nitro benzene ring substituents is 1. The summed E-state index contributed by atoms with van der Waals surface area (Å²) >= 11 is -4.43. The van der Waals surface area contributed by atoms with E-state index in [2.05, 4.69) is 0 Å². The van der Waals surface area contributed by atoms with Gasteiger partial charge in [0.1, 0.15) is 3.57 Å². The van der Waals surface area contributed by atoms with E-state index in [4.69, 9.17) is 10.2 Å². The normalized spacial score (nSPS) is 10.3. The number of hydrogen-bond donors (Lipinski definition) is 2. The van der Waals surface area contributed by atoms with Crippen molar-refractivity contribution in [2.24, 2.45) is 0 Å². The van der Waals surface area contributed by atoms with Crippen LogP contribution in [0.1, 0.15) is 20.7 Å². The number of aromatic carboxylic acids is 2. The highest BCUT2D eigenvalue weighted by Crippen LogP contribution is 2.30. The van der Waals surface area contributed by atoms with Gasteiger partial charge in [0.2, 0.25) is 0 Å². The molecular weight excluding hydrogens is 365 g/mol. The molecule has 18 heavy (non-hydrogen) atoms. The molecule has 0 aliphatic heterocycles. The van der Waals surface area contributed by atoms with E-state index in [0.29, 0.717) is 12.1 Å². The van der Waals surface area contributed by atoms with Crippen molar-refractivity contribution in [2.75, 3.05) is 0 Å². The molecule has 0 atom stereocenters. The maximum absolute atomic E-state index is 11.0. The van der Waals surface area contributed by atoms with Crippen LogP contribution >= 0.6 is 19.8 Å². The smallest absolute Gasteiger partial charge is 0.342 e. The molecule has 0 heterocycles. The molecule has 1 rings (SSSR count). The van der Waals surface area contributed by atoms with Crippen LogP contribution in [-0.2, 0) is 6.14 Å². The first-order chi connectivity index (χ1) is 8.25. The second-order valence-electron chi connectivity index (χ2n) is 2.94. The molecule has 0 spiro atoms. The molecule has 0 aliphatic carbocycles. The van der Waals surface area contributed by atoms with Crippen molar-refractivity contribution >= 4 is 37.4 Å². The van der Waals surface area contributed by atoms with Gasteiger partial charge in [-0.15, -0.1) is 0 Å². The van der Waals surface area contributed by atoms with E-state index in [1.807, 2.05) is 0 Å². The number of rotatable bonds is 4. The zero-order valence-corrected chi connectivity index (χ0v) is 10.5. The van der Waals surface area contributed by atoms with Crippen molar-refractivity contribution in [2.45, 2.75) is 0 Å². The minimum atomic E-state index is -4.43. The number of carboxylic acids is 2. The summed E-state index contributed by atoms with van der Waals surface area (Å²) in [6.45, 7) is 0. The Hall–Kier alpha value is -2.11. The van der Waals surface area contributed by atoms with Crippen molar-refractivity contribution < 1.29 is 30.9 Å². The Bertz CT molecular complexity index is 589. The van der Waals surface area contributed by atoms with Gasteiger partial charge in [0.25, 0.3) is 5.69 Å². The zero-order valence-electron chi connectivity index (χ0n) is 8.32. The van der Waals surface area contributed by atoms with E-state index >= 15 is 0 Å². The quantitative estimate of drug-likeness (QED) is 0.458. The predicted molar refractivity (Wildman–Crippen MR) is 61.1 cm³/mol. The van der Waals surface area contributed by atoms with Crippen LogP contribution in [-0.4, -0.2) is 27.1 Å². The third-order valence-corrected chi connectivity index (χ3v) is 3.93. The average molecular weight is 369 g/mol. The van der Waals surface area contributed by atoms with Crippen LogP contribution in [0.3, 0.4) is 0 Å². The molecule has 96 valence electrons. The molecule has 0 fully saturated rings. The van der Waals surface area contributed by atoms with E-state index in [1.165, 1.54) is 0 Å². The van der Waals surface area contributed by atoms with Crippen LogP contribution in [0.15, 0.2) is 12.1 Å². The molecule has 10 heteroatoms. The number of benzene rings is 1. The maximum atomic E-state index is 11.0. The summed E-state index contributed by atoms with van der Waals surface area (Å²) in [6, 6.07) is 1.04. The standard InChI is InChI=1S/C8H4INO8/c11-7(12)4-1-3(10(17)18)2-5(8(13)14)6(4)9(15)16/h1-2H,(H,11,12)(H,13,14). The van der Waals surface area contributed by atoms with E-state index in [1.54, 1.807) is 0 Å². The summed E-state index contributed by atoms with van der Waals surface area (Å²) in [5, 5.41) is 28.0. The summed E-state index contributed by atoms with van der Waals surface area (Å²) in [5.41, 5.74) is -2.61. The Morgan fingerprint density at radius 3 is 1.72 bits per heavy atom. The Balaban J connectivity index is 3.82. The summed E-state index contributed by atoms with van der Waals surface area (Å²) < 4.78 is 21.1. The predicted octanol–water partition coefficient (Wildman–Crippen LogP) is 1.36. The van der Waals surface area contributed by atoms with Gasteiger partial charge in [-0.1, -0.05) is 0 Å². The summed E-state index contributed by atoms with van der Waals surface area (Å²) in [7, 11) is 0. The molecule has 0 unspecified atom stereocenters. The molecule has 1 aromatic rings. The first kappa shape index (κ1) is 14.0. The first-order valence-electron chi connectivity index (χ1n) is 4.10. The largest absolute Gasteiger partial charge is 0.478 e. The van der Waals surface area contributed by atoms with Crippen LogP contribution in [0, 0.1) is 13.7 Å². The number of non-ortho nitro benzene ring substituents is 1. The molecule has 0 saturated carbocycles. The number of carboxylic acid groups (broad SMARTS) is 2. The lowest BCUT2D eigenvalue weighted by molar-refractivity contribution is -0.384. The molecule has 0 radical (unpaired) electrons. The van der Waals surface area contributed by atoms with E-state index in [9.17, 15) is 25.8 Å². The monoisotopic (exact) mass is 369 g/mol. The second kappa shape index (κ2) is 5.03. The Morgan fingerprint density at radius 2 is 1.50 bits per heavy atom. The van der Waals surface area contributed by atoms with Gasteiger partial charge >= 0.3 is 31.7 Å². The van der Waals surface area contributed by atoms with Crippen LogP contribution in [0.25, 0.3) is 0 Å². The fourth-order valence-electron chi connectivity index (χ4n) is 1.19. The molecule has 2 N–H and O–H groups in total. The molecule has 0 bridgehead atoms. The highest BCUT2D eigenvalue weighted by Gasteiger charge is 2.27. The van der Waals surface area contributed by atoms with Gasteiger partial charge in [-0.05, 0) is 0 Å². The molecule has 9 nitrogen and oxygen atoms in total. The molecule has 1 aromatic carbocycles. The number of nitro groups is 1. The maximum Gasteiger partial charge on any atom is 0.342 e. The summed E-state index contributed by atoms with van der Waals surface area (Å²) in [4.78, 5) is 31.1. The van der Waals surface area contributed by atoms with Crippen molar-refractivity contribution in [1.29, 1.82) is 0 Å². The van der Waals surface area contributed by atoms with E-state index in [0.717, 1.165) is 0 Å². The first-order valence-corrected chi connectivity index (χ1v) is 6.94. The number of nitrogens with zero attached hydrogens (tertiary/aromatic N) is 1. The lowest BCUT2D eigenvalue weighted by atomic mass is 10.1. The van der Waals surface area contributed by atoms with Crippen LogP contribution in [0.2, 0.25) is 0 Å². The van der Waals surface area contributed by atoms with Crippen LogP contribution in [0.5, 0.6) is 0 Å². The summed E-state index contributed by atoms with van der Waals surface area (Å²) in [6.07, 6.45) is 0. The van der Waals surface area contributed by atoms with E-state index in [-0.39, 0.29) is 0 Å². The molecule has 0 saturated heterocycles. The SMILES string of the molecule is O=C(O)c1cc([N+](=O)[O-])cc(C(=O)O)c1I(=O)=O. The van der Waals surface area contributed by atoms with Crippen molar-refractivity contribution in [3.8, 4) is 0 Å². The van der Waals surface area contributed by atoms with Crippen LogP contribution < -0.4 is 0 Å². The molecule has 0 amide bonds. The Labute approximate surface area is 105 Å². The minimum Gasteiger partial charge on any atom is -0.478 e. The average Bonchev–Trinajstić information content (AvgIpc) is 2.26. The van der Waals surface area contributed by atoms with E-state index < -0.39 is 57.0 Å². The van der Waals surface area contributed by atoms with Crippen molar-refractivity contribution in [1.82, 2.24) is 0 Å². The second-order valence-corrected chi connectivity index (χ2v) is 5.26. The number of hydrogen-bond acceptors (Lipinski definition) is 6. The van der Waals surface area contributed by atoms with Gasteiger partial charge < -0.3 is 10.2 Å². The molecule has 0 aliphatic rings. The third kappa shape index (κ3) is 2.58. The van der Waals surface area contributed by atoms with Gasteiger partial charge in [0.05, 0.1) is 16.1 Å². The Morgan fingerprint density at radius 1 is 1.11 bits per heavy atom. The van der Waals surface area contributed by atoms with Gasteiger partial charge in [0, 0.05) is 12.1 Å². The number of carbonyl (C=O) groups is 2. The van der Waals surface area contributed by atoms with Crippen molar-refractivity contribution in [3.05, 3.63) is 36.9 Å². The van der Waals surface area contributed by atoms with Gasteiger partial charge in [-0.3, -0.25) is 10.1 Å². The highest BCUT2D eigenvalue weighted by atomic mass is 127. The lowest BCUT2D eigenvalue weighted by Crippen LogP contribution is -2.09. The lowest BCUT2D eigenvalue weighted by Gasteiger charge is -2.03. The molecule has 0 aromatic heterocycles. The highest BCUT2D eigenvalue weighted by molar-refractivity contribution is 14.2. The zero-order chi connectivity index (χ0) is 14.0.